The minimum Gasteiger partial charge on any atom is -0.338 e. The van der Waals surface area contributed by atoms with Crippen LogP contribution in [-0.4, -0.2) is 38.4 Å². The molecular weight excluding hydrogens is 300 g/mol. The van der Waals surface area contributed by atoms with Gasteiger partial charge in [0, 0.05) is 24.7 Å². The number of nitrogens with one attached hydrogen (secondary N) is 1. The molecule has 0 bridgehead atoms. The number of piperidine rings is 1. The molecule has 0 saturated carbocycles. The molecule has 5 nitrogen and oxygen atoms in total. The van der Waals surface area contributed by atoms with Crippen LogP contribution in [0.2, 0.25) is 0 Å². The number of likely N-dealkylation sites (tertiary alicyclic amines) is 1. The highest BCUT2D eigenvalue weighted by molar-refractivity contribution is 7.89. The number of hydrogen-bond acceptors (Lipinski definition) is 3. The molecule has 1 saturated heterocycles. The lowest BCUT2D eigenvalue weighted by Crippen LogP contribution is -2.39. The lowest BCUT2D eigenvalue weighted by Gasteiger charge is -2.31. The molecule has 1 atom stereocenters. The molecule has 0 radical (unpaired) electrons. The van der Waals surface area contributed by atoms with Gasteiger partial charge in [-0.1, -0.05) is 6.92 Å². The summed E-state index contributed by atoms with van der Waals surface area (Å²) in [6, 6.07) is 6.00. The van der Waals surface area contributed by atoms with Crippen molar-refractivity contribution >= 4 is 15.9 Å². The fourth-order valence-corrected chi connectivity index (χ4v) is 3.96. The van der Waals surface area contributed by atoms with Gasteiger partial charge in [0.25, 0.3) is 5.91 Å². The molecule has 22 heavy (non-hydrogen) atoms. The Morgan fingerprint density at radius 3 is 2.45 bits per heavy atom. The third-order valence-corrected chi connectivity index (χ3v) is 5.42. The van der Waals surface area contributed by atoms with E-state index in [1.807, 2.05) is 4.90 Å². The second-order valence-electron chi connectivity index (χ2n) is 6.30. The molecule has 1 N–H and O–H groups in total. The highest BCUT2D eigenvalue weighted by Gasteiger charge is 2.22. The maximum absolute atomic E-state index is 12.4. The average molecular weight is 324 g/mol. The van der Waals surface area contributed by atoms with E-state index in [9.17, 15) is 13.2 Å². The van der Waals surface area contributed by atoms with Crippen LogP contribution < -0.4 is 4.72 Å². The van der Waals surface area contributed by atoms with E-state index in [0.717, 1.165) is 25.9 Å². The summed E-state index contributed by atoms with van der Waals surface area (Å²) in [5.41, 5.74) is 0.539. The number of rotatable bonds is 4. The molecule has 1 aromatic carbocycles. The largest absolute Gasteiger partial charge is 0.338 e. The number of benzene rings is 1. The Morgan fingerprint density at radius 2 is 1.91 bits per heavy atom. The Labute approximate surface area is 132 Å². The van der Waals surface area contributed by atoms with Crippen LogP contribution in [0.25, 0.3) is 0 Å². The average Bonchev–Trinajstić information content (AvgIpc) is 2.45. The molecule has 1 fully saturated rings. The van der Waals surface area contributed by atoms with Crippen LogP contribution in [0.1, 0.15) is 44.0 Å². The van der Waals surface area contributed by atoms with E-state index in [4.69, 9.17) is 0 Å². The van der Waals surface area contributed by atoms with Crippen molar-refractivity contribution in [2.75, 3.05) is 13.1 Å². The van der Waals surface area contributed by atoms with Crippen molar-refractivity contribution in [3.63, 3.8) is 0 Å². The summed E-state index contributed by atoms with van der Waals surface area (Å²) < 4.78 is 26.7. The Morgan fingerprint density at radius 1 is 1.27 bits per heavy atom. The number of carbonyl (C=O) groups is 1. The zero-order valence-electron chi connectivity index (χ0n) is 13.4. The zero-order valence-corrected chi connectivity index (χ0v) is 14.2. The molecule has 2 rings (SSSR count). The van der Waals surface area contributed by atoms with Crippen molar-refractivity contribution in [1.82, 2.24) is 9.62 Å². The van der Waals surface area contributed by atoms with Crippen molar-refractivity contribution in [2.45, 2.75) is 44.6 Å². The van der Waals surface area contributed by atoms with E-state index in [-0.39, 0.29) is 16.8 Å². The molecular formula is C16H24N2O3S. The van der Waals surface area contributed by atoms with Crippen molar-refractivity contribution in [3.05, 3.63) is 29.8 Å². The van der Waals surface area contributed by atoms with E-state index in [1.54, 1.807) is 26.0 Å². The van der Waals surface area contributed by atoms with Gasteiger partial charge in [0.15, 0.2) is 0 Å². The topological polar surface area (TPSA) is 66.5 Å². The monoisotopic (exact) mass is 324 g/mol. The summed E-state index contributed by atoms with van der Waals surface area (Å²) >= 11 is 0. The predicted octanol–water partition coefficient (Wildman–Crippen LogP) is 2.25. The molecule has 1 aromatic rings. The second-order valence-corrected chi connectivity index (χ2v) is 8.01. The van der Waals surface area contributed by atoms with Crippen molar-refractivity contribution in [1.29, 1.82) is 0 Å². The molecule has 122 valence electrons. The summed E-state index contributed by atoms with van der Waals surface area (Å²) in [7, 11) is -3.51. The summed E-state index contributed by atoms with van der Waals surface area (Å²) in [4.78, 5) is 14.5. The third-order valence-electron chi connectivity index (χ3n) is 3.75. The first-order valence-corrected chi connectivity index (χ1v) is 9.19. The fraction of sp³-hybridized carbons (Fsp3) is 0.562. The van der Waals surface area contributed by atoms with E-state index in [1.165, 1.54) is 12.1 Å². The third kappa shape index (κ3) is 4.08. The lowest BCUT2D eigenvalue weighted by molar-refractivity contribution is 0.0683. The van der Waals surface area contributed by atoms with Crippen LogP contribution in [0, 0.1) is 5.92 Å². The van der Waals surface area contributed by atoms with Gasteiger partial charge in [-0.2, -0.15) is 0 Å². The molecule has 0 aromatic heterocycles. The van der Waals surface area contributed by atoms with Gasteiger partial charge in [0.05, 0.1) is 4.90 Å². The van der Waals surface area contributed by atoms with Crippen molar-refractivity contribution in [3.8, 4) is 0 Å². The zero-order chi connectivity index (χ0) is 16.3. The van der Waals surface area contributed by atoms with Crippen LogP contribution in [0.15, 0.2) is 29.2 Å². The minimum absolute atomic E-state index is 0.0210. The lowest BCUT2D eigenvalue weighted by atomic mass is 9.99. The molecule has 6 heteroatoms. The van der Waals surface area contributed by atoms with Gasteiger partial charge < -0.3 is 4.90 Å². The van der Waals surface area contributed by atoms with E-state index < -0.39 is 10.0 Å². The normalized spacial score (nSPS) is 19.5. The summed E-state index contributed by atoms with van der Waals surface area (Å²) in [5, 5.41) is 0. The smallest absolute Gasteiger partial charge is 0.253 e. The second kappa shape index (κ2) is 6.79. The molecule has 1 heterocycles. The Kier molecular flexibility index (Phi) is 5.24. The molecule has 0 unspecified atom stereocenters. The van der Waals surface area contributed by atoms with Crippen LogP contribution in [0.4, 0.5) is 0 Å². The first kappa shape index (κ1) is 17.0. The molecule has 0 aliphatic carbocycles. The molecule has 1 aliphatic heterocycles. The highest BCUT2D eigenvalue weighted by Crippen LogP contribution is 2.19. The van der Waals surface area contributed by atoms with Gasteiger partial charge in [-0.05, 0) is 56.9 Å². The maximum atomic E-state index is 12.4. The van der Waals surface area contributed by atoms with Gasteiger partial charge in [-0.15, -0.1) is 0 Å². The van der Waals surface area contributed by atoms with Gasteiger partial charge >= 0.3 is 0 Å². The fourth-order valence-electron chi connectivity index (χ4n) is 2.71. The van der Waals surface area contributed by atoms with Crippen LogP contribution in [-0.2, 0) is 10.0 Å². The molecule has 1 amide bonds. The van der Waals surface area contributed by atoms with Crippen molar-refractivity contribution in [2.24, 2.45) is 5.92 Å². The molecule has 0 spiro atoms. The van der Waals surface area contributed by atoms with Gasteiger partial charge in [0.1, 0.15) is 0 Å². The first-order chi connectivity index (χ1) is 10.3. The molecule has 1 aliphatic rings. The quantitative estimate of drug-likeness (QED) is 0.924. The van der Waals surface area contributed by atoms with Gasteiger partial charge in [0.2, 0.25) is 10.0 Å². The highest BCUT2D eigenvalue weighted by atomic mass is 32.2. The number of carbonyl (C=O) groups excluding carboxylic acids is 1. The van der Waals surface area contributed by atoms with Crippen LogP contribution >= 0.6 is 0 Å². The predicted molar refractivity (Wildman–Crippen MR) is 86.2 cm³/mol. The number of sulfonamides is 1. The minimum atomic E-state index is -3.51. The van der Waals surface area contributed by atoms with E-state index in [0.29, 0.717) is 11.5 Å². The SMILES string of the molecule is CC(C)NS(=O)(=O)c1ccc(C(=O)N2CCC[C@@H](C)C2)cc1. The van der Waals surface area contributed by atoms with Crippen molar-refractivity contribution < 1.29 is 13.2 Å². The maximum Gasteiger partial charge on any atom is 0.253 e. The van der Waals surface area contributed by atoms with Crippen LogP contribution in [0.3, 0.4) is 0 Å². The standard InChI is InChI=1S/C16H24N2O3S/c1-12(2)17-22(20,21)15-8-6-14(7-9-15)16(19)18-10-4-5-13(3)11-18/h6-9,12-13,17H,4-5,10-11H2,1-3H3/t13-/m1/s1. The first-order valence-electron chi connectivity index (χ1n) is 7.71. The number of hydrogen-bond donors (Lipinski definition) is 1. The summed E-state index contributed by atoms with van der Waals surface area (Å²) in [5.74, 6) is 0.500. The Hall–Kier alpha value is -1.40. The number of amides is 1. The summed E-state index contributed by atoms with van der Waals surface area (Å²) in [6.07, 6.45) is 2.18. The van der Waals surface area contributed by atoms with Gasteiger partial charge in [-0.25, -0.2) is 13.1 Å². The van der Waals surface area contributed by atoms with E-state index in [2.05, 4.69) is 11.6 Å². The number of nitrogens with zero attached hydrogens (tertiary/aromatic N) is 1. The van der Waals surface area contributed by atoms with E-state index >= 15 is 0 Å². The summed E-state index contributed by atoms with van der Waals surface area (Å²) in [6.45, 7) is 7.23. The van der Waals surface area contributed by atoms with Crippen LogP contribution in [0.5, 0.6) is 0 Å². The van der Waals surface area contributed by atoms with Gasteiger partial charge in [-0.3, -0.25) is 4.79 Å². The Balaban J connectivity index is 2.13. The Bertz CT molecular complexity index is 623.